The fourth-order valence-electron chi connectivity index (χ4n) is 1.85. The zero-order valence-corrected chi connectivity index (χ0v) is 12.3. The topological polar surface area (TPSA) is 17.1 Å². The van der Waals surface area contributed by atoms with Gasteiger partial charge in [0.15, 0.2) is 5.78 Å². The van der Waals surface area contributed by atoms with Crippen molar-refractivity contribution in [3.8, 4) is 0 Å². The van der Waals surface area contributed by atoms with E-state index in [1.165, 1.54) is 0 Å². The highest BCUT2D eigenvalue weighted by atomic mass is 79.9. The summed E-state index contributed by atoms with van der Waals surface area (Å²) < 4.78 is 51.5. The molecule has 0 spiro atoms. The van der Waals surface area contributed by atoms with Crippen LogP contribution in [0.4, 0.5) is 17.6 Å². The molecule has 0 amide bonds. The van der Waals surface area contributed by atoms with Crippen LogP contribution < -0.4 is 0 Å². The summed E-state index contributed by atoms with van der Waals surface area (Å²) in [5, 5.41) is 0. The number of rotatable bonds is 2. The van der Waals surface area contributed by atoms with Gasteiger partial charge in [0.05, 0.1) is 5.56 Å². The van der Waals surface area contributed by atoms with Gasteiger partial charge in [0, 0.05) is 15.6 Å². The predicted molar refractivity (Wildman–Crippen MR) is 73.7 cm³/mol. The van der Waals surface area contributed by atoms with Crippen molar-refractivity contribution in [1.29, 1.82) is 0 Å². The summed E-state index contributed by atoms with van der Waals surface area (Å²) in [6.45, 7) is 1.77. The van der Waals surface area contributed by atoms with E-state index < -0.39 is 23.3 Å². The molecule has 0 heterocycles. The van der Waals surface area contributed by atoms with Crippen molar-refractivity contribution in [2.24, 2.45) is 0 Å². The maximum Gasteiger partial charge on any atom is 0.419 e. The average molecular weight is 361 g/mol. The van der Waals surface area contributed by atoms with Crippen molar-refractivity contribution < 1.29 is 22.4 Å². The number of carbonyl (C=O) groups excluding carboxylic acids is 1. The van der Waals surface area contributed by atoms with Crippen LogP contribution in [-0.2, 0) is 6.18 Å². The van der Waals surface area contributed by atoms with Gasteiger partial charge in [-0.25, -0.2) is 4.39 Å². The summed E-state index contributed by atoms with van der Waals surface area (Å²) in [5.41, 5.74) is -0.433. The molecule has 0 atom stereocenters. The Bertz CT molecular complexity index is 707. The van der Waals surface area contributed by atoms with Crippen LogP contribution in [0.5, 0.6) is 0 Å². The van der Waals surface area contributed by atoms with Gasteiger partial charge in [-0.3, -0.25) is 4.79 Å². The van der Waals surface area contributed by atoms with E-state index in [1.807, 2.05) is 0 Å². The quantitative estimate of drug-likeness (QED) is 0.534. The Kier molecular flexibility index (Phi) is 4.18. The molecule has 0 radical (unpaired) electrons. The van der Waals surface area contributed by atoms with Crippen LogP contribution in [0.3, 0.4) is 0 Å². The Labute approximate surface area is 126 Å². The fraction of sp³-hybridized carbons (Fsp3) is 0.133. The first-order valence-corrected chi connectivity index (χ1v) is 6.67. The monoisotopic (exact) mass is 360 g/mol. The molecule has 0 fully saturated rings. The highest BCUT2D eigenvalue weighted by molar-refractivity contribution is 9.10. The Morgan fingerprint density at radius 1 is 1.10 bits per heavy atom. The summed E-state index contributed by atoms with van der Waals surface area (Å²) in [4.78, 5) is 12.3. The van der Waals surface area contributed by atoms with E-state index in [4.69, 9.17) is 0 Å². The molecule has 2 aromatic rings. The van der Waals surface area contributed by atoms with E-state index in [0.29, 0.717) is 16.6 Å². The van der Waals surface area contributed by atoms with Gasteiger partial charge in [-0.15, -0.1) is 0 Å². The third-order valence-corrected chi connectivity index (χ3v) is 3.59. The summed E-state index contributed by atoms with van der Waals surface area (Å²) in [6.07, 6.45) is -4.78. The normalized spacial score (nSPS) is 11.5. The number of carbonyl (C=O) groups is 1. The number of alkyl halides is 3. The molecule has 0 saturated heterocycles. The van der Waals surface area contributed by atoms with E-state index in [9.17, 15) is 22.4 Å². The van der Waals surface area contributed by atoms with Crippen LogP contribution in [0.25, 0.3) is 0 Å². The number of benzene rings is 2. The minimum Gasteiger partial charge on any atom is -0.289 e. The Balaban J connectivity index is 2.45. The van der Waals surface area contributed by atoms with Crippen LogP contribution in [0, 0.1) is 12.7 Å². The molecule has 0 unspecified atom stereocenters. The minimum absolute atomic E-state index is 0.133. The minimum atomic E-state index is -4.78. The smallest absolute Gasteiger partial charge is 0.289 e. The lowest BCUT2D eigenvalue weighted by Gasteiger charge is -2.10. The van der Waals surface area contributed by atoms with Gasteiger partial charge in [0.25, 0.3) is 0 Å². The van der Waals surface area contributed by atoms with Crippen LogP contribution in [0.1, 0.15) is 27.0 Å². The lowest BCUT2D eigenvalue weighted by Crippen LogP contribution is -2.10. The van der Waals surface area contributed by atoms with Crippen molar-refractivity contribution in [3.63, 3.8) is 0 Å². The van der Waals surface area contributed by atoms with E-state index in [0.717, 1.165) is 11.6 Å². The summed E-state index contributed by atoms with van der Waals surface area (Å²) >= 11 is 3.20. The second kappa shape index (κ2) is 5.60. The molecule has 2 rings (SSSR count). The van der Waals surface area contributed by atoms with E-state index in [2.05, 4.69) is 15.9 Å². The molecule has 21 heavy (non-hydrogen) atoms. The average Bonchev–Trinajstić information content (AvgIpc) is 2.39. The molecule has 2 aromatic carbocycles. The molecule has 0 aromatic heterocycles. The van der Waals surface area contributed by atoms with Crippen molar-refractivity contribution in [2.45, 2.75) is 13.1 Å². The zero-order valence-electron chi connectivity index (χ0n) is 10.8. The number of ketones is 1. The summed E-state index contributed by atoms with van der Waals surface area (Å²) in [7, 11) is 0. The van der Waals surface area contributed by atoms with Crippen LogP contribution >= 0.6 is 15.9 Å². The molecule has 0 aliphatic heterocycles. The van der Waals surface area contributed by atoms with Gasteiger partial charge in [0.2, 0.25) is 0 Å². The molecular formula is C15H9BrF4O. The highest BCUT2D eigenvalue weighted by Gasteiger charge is 2.34. The first kappa shape index (κ1) is 15.7. The predicted octanol–water partition coefficient (Wildman–Crippen LogP) is 5.15. The fourth-order valence-corrected chi connectivity index (χ4v) is 2.28. The molecule has 0 aliphatic carbocycles. The largest absolute Gasteiger partial charge is 0.419 e. The number of hydrogen-bond donors (Lipinski definition) is 0. The lowest BCUT2D eigenvalue weighted by atomic mass is 10.00. The molecule has 1 nitrogen and oxygen atoms in total. The Morgan fingerprint density at radius 3 is 2.33 bits per heavy atom. The van der Waals surface area contributed by atoms with Gasteiger partial charge < -0.3 is 0 Å². The maximum absolute atomic E-state index is 13.5. The van der Waals surface area contributed by atoms with Gasteiger partial charge in [-0.2, -0.15) is 13.2 Å². The SMILES string of the molecule is Cc1ccc(Br)c(C(=O)c2ccc(C(F)(F)F)c(F)c2)c1. The standard InChI is InChI=1S/C15H9BrF4O/c1-8-2-5-12(16)10(6-8)14(21)9-3-4-11(13(17)7-9)15(18,19)20/h2-7H,1H3. The first-order chi connectivity index (χ1) is 9.70. The van der Waals surface area contributed by atoms with E-state index in [-0.39, 0.29) is 11.1 Å². The van der Waals surface area contributed by atoms with E-state index in [1.54, 1.807) is 25.1 Å². The zero-order chi connectivity index (χ0) is 15.8. The third kappa shape index (κ3) is 3.32. The van der Waals surface area contributed by atoms with Gasteiger partial charge in [0.1, 0.15) is 5.82 Å². The molecule has 0 bridgehead atoms. The summed E-state index contributed by atoms with van der Waals surface area (Å²) in [5.74, 6) is -2.00. The first-order valence-electron chi connectivity index (χ1n) is 5.88. The van der Waals surface area contributed by atoms with Crippen LogP contribution in [0.15, 0.2) is 40.9 Å². The van der Waals surface area contributed by atoms with Crippen molar-refractivity contribution in [2.75, 3.05) is 0 Å². The van der Waals surface area contributed by atoms with Crippen LogP contribution in [-0.4, -0.2) is 5.78 Å². The molecule has 0 aliphatic rings. The highest BCUT2D eigenvalue weighted by Crippen LogP contribution is 2.32. The molecular weight excluding hydrogens is 352 g/mol. The number of halogens is 5. The number of hydrogen-bond acceptors (Lipinski definition) is 1. The maximum atomic E-state index is 13.5. The van der Waals surface area contributed by atoms with E-state index >= 15 is 0 Å². The molecule has 0 saturated carbocycles. The lowest BCUT2D eigenvalue weighted by molar-refractivity contribution is -0.140. The molecule has 110 valence electrons. The third-order valence-electron chi connectivity index (χ3n) is 2.90. The second-order valence-electron chi connectivity index (χ2n) is 4.50. The second-order valence-corrected chi connectivity index (χ2v) is 5.36. The summed E-state index contributed by atoms with van der Waals surface area (Å²) in [6, 6.07) is 7.18. The van der Waals surface area contributed by atoms with Crippen molar-refractivity contribution in [3.05, 3.63) is 68.9 Å². The van der Waals surface area contributed by atoms with Crippen LogP contribution in [0.2, 0.25) is 0 Å². The van der Waals surface area contributed by atoms with Gasteiger partial charge >= 0.3 is 6.18 Å². The molecule has 0 N–H and O–H groups in total. The number of aryl methyl sites for hydroxylation is 1. The van der Waals surface area contributed by atoms with Gasteiger partial charge in [-0.1, -0.05) is 33.6 Å². The van der Waals surface area contributed by atoms with Gasteiger partial charge in [-0.05, 0) is 31.2 Å². The molecule has 6 heteroatoms. The Hall–Kier alpha value is -1.69. The van der Waals surface area contributed by atoms with Crippen molar-refractivity contribution in [1.82, 2.24) is 0 Å². The van der Waals surface area contributed by atoms with Crippen molar-refractivity contribution >= 4 is 21.7 Å². The Morgan fingerprint density at radius 2 is 1.76 bits per heavy atom.